The highest BCUT2D eigenvalue weighted by molar-refractivity contribution is 6.30. The molecule has 0 N–H and O–H groups in total. The molecular formula is C17H16ClFN4. The van der Waals surface area contributed by atoms with E-state index in [0.717, 1.165) is 17.1 Å². The molecule has 0 amide bonds. The van der Waals surface area contributed by atoms with Crippen molar-refractivity contribution in [3.63, 3.8) is 0 Å². The van der Waals surface area contributed by atoms with Gasteiger partial charge in [-0.15, -0.1) is 0 Å². The summed E-state index contributed by atoms with van der Waals surface area (Å²) in [5.41, 5.74) is 1.86. The highest BCUT2D eigenvalue weighted by atomic mass is 35.5. The number of rotatable bonds is 2. The van der Waals surface area contributed by atoms with Gasteiger partial charge >= 0.3 is 0 Å². The van der Waals surface area contributed by atoms with Crippen molar-refractivity contribution in [1.82, 2.24) is 14.4 Å². The van der Waals surface area contributed by atoms with Crippen molar-refractivity contribution < 1.29 is 4.39 Å². The predicted molar refractivity (Wildman–Crippen MR) is 89.8 cm³/mol. The minimum absolute atomic E-state index is 0.567. The lowest BCUT2D eigenvalue weighted by Crippen LogP contribution is -2.34. The van der Waals surface area contributed by atoms with E-state index in [4.69, 9.17) is 11.6 Å². The number of benzene rings is 1. The molecule has 118 valence electrons. The third-order valence-corrected chi connectivity index (χ3v) is 4.45. The fourth-order valence-electron chi connectivity index (χ4n) is 2.88. The first-order valence-electron chi connectivity index (χ1n) is 7.70. The number of hydrogen-bond donors (Lipinski definition) is 0. The van der Waals surface area contributed by atoms with Crippen LogP contribution in [-0.2, 0) is 0 Å². The van der Waals surface area contributed by atoms with Crippen LogP contribution in [0.4, 0.5) is 10.2 Å². The van der Waals surface area contributed by atoms with Crippen molar-refractivity contribution in [2.45, 2.75) is 19.0 Å². The third kappa shape index (κ3) is 2.88. The average molecular weight is 331 g/mol. The Bertz CT molecular complexity index is 822. The molecule has 4 rings (SSSR count). The lowest BCUT2D eigenvalue weighted by atomic mass is 10.1. The van der Waals surface area contributed by atoms with Crippen LogP contribution in [0.5, 0.6) is 0 Å². The molecule has 0 radical (unpaired) electrons. The molecular weight excluding hydrogens is 315 g/mol. The molecule has 23 heavy (non-hydrogen) atoms. The Kier molecular flexibility index (Phi) is 3.65. The molecule has 0 unspecified atom stereocenters. The van der Waals surface area contributed by atoms with Gasteiger partial charge in [-0.2, -0.15) is 4.98 Å². The maximum atomic E-state index is 13.3. The number of halogens is 2. The second-order valence-electron chi connectivity index (χ2n) is 5.79. The summed E-state index contributed by atoms with van der Waals surface area (Å²) in [5.74, 6) is 1.51. The zero-order valence-corrected chi connectivity index (χ0v) is 13.2. The van der Waals surface area contributed by atoms with Crippen molar-refractivity contribution in [2.24, 2.45) is 0 Å². The summed E-state index contributed by atoms with van der Waals surface area (Å²) in [6.45, 7) is 1.41. The van der Waals surface area contributed by atoms with Crippen LogP contribution < -0.4 is 4.90 Å². The number of piperidine rings is 1. The molecule has 0 bridgehead atoms. The maximum Gasteiger partial charge on any atom is 0.236 e. The Balaban J connectivity index is 1.65. The molecule has 1 aromatic carbocycles. The number of alkyl halides is 1. The van der Waals surface area contributed by atoms with Gasteiger partial charge in [-0.05, 0) is 31.0 Å². The first-order chi connectivity index (χ1) is 11.2. The van der Waals surface area contributed by atoms with E-state index in [2.05, 4.69) is 14.9 Å². The van der Waals surface area contributed by atoms with Gasteiger partial charge in [-0.1, -0.05) is 23.7 Å². The van der Waals surface area contributed by atoms with Gasteiger partial charge in [0.1, 0.15) is 12.0 Å². The van der Waals surface area contributed by atoms with Gasteiger partial charge in [0.25, 0.3) is 0 Å². The number of nitrogens with zero attached hydrogens (tertiary/aromatic N) is 4. The summed E-state index contributed by atoms with van der Waals surface area (Å²) in [6.07, 6.45) is 4.35. The van der Waals surface area contributed by atoms with E-state index in [-0.39, 0.29) is 0 Å². The van der Waals surface area contributed by atoms with Crippen molar-refractivity contribution in [1.29, 1.82) is 0 Å². The second kappa shape index (κ2) is 5.81. The Hall–Kier alpha value is -2.14. The number of imidazole rings is 1. The Morgan fingerprint density at radius 2 is 1.78 bits per heavy atom. The highest BCUT2D eigenvalue weighted by Gasteiger charge is 2.19. The molecule has 0 spiro atoms. The van der Waals surface area contributed by atoms with Gasteiger partial charge < -0.3 is 4.90 Å². The van der Waals surface area contributed by atoms with E-state index in [1.165, 1.54) is 0 Å². The molecule has 1 aliphatic rings. The monoisotopic (exact) mass is 330 g/mol. The van der Waals surface area contributed by atoms with E-state index < -0.39 is 6.17 Å². The third-order valence-electron chi connectivity index (χ3n) is 4.20. The van der Waals surface area contributed by atoms with Gasteiger partial charge in [0.15, 0.2) is 0 Å². The average Bonchev–Trinajstić information content (AvgIpc) is 2.99. The number of aromatic nitrogens is 3. The topological polar surface area (TPSA) is 33.4 Å². The van der Waals surface area contributed by atoms with Gasteiger partial charge in [-0.25, -0.2) is 9.37 Å². The summed E-state index contributed by atoms with van der Waals surface area (Å²) < 4.78 is 15.2. The van der Waals surface area contributed by atoms with Crippen molar-refractivity contribution >= 4 is 23.2 Å². The standard InChI is InChI=1S/C17H16ClFN4/c18-13-3-1-12(2-4-13)15-11-23-10-7-16(21-17(23)20-15)22-8-5-14(19)6-9-22/h1-4,7,10-11,14H,5-6,8-9H2. The molecule has 3 heterocycles. The van der Waals surface area contributed by atoms with Gasteiger partial charge in [0.05, 0.1) is 5.69 Å². The SMILES string of the molecule is FC1CCN(c2ccn3cc(-c4ccc(Cl)cc4)nc3n2)CC1. The molecule has 1 aliphatic heterocycles. The van der Waals surface area contributed by atoms with Gasteiger partial charge in [0.2, 0.25) is 5.78 Å². The highest BCUT2D eigenvalue weighted by Crippen LogP contribution is 2.23. The quantitative estimate of drug-likeness (QED) is 0.712. The first kappa shape index (κ1) is 14.5. The van der Waals surface area contributed by atoms with Crippen molar-refractivity contribution in [3.05, 3.63) is 47.7 Å². The largest absolute Gasteiger partial charge is 0.356 e. The Morgan fingerprint density at radius 1 is 1.04 bits per heavy atom. The molecule has 6 heteroatoms. The van der Waals surface area contributed by atoms with E-state index in [0.29, 0.717) is 36.7 Å². The molecule has 4 nitrogen and oxygen atoms in total. The van der Waals surface area contributed by atoms with Crippen LogP contribution in [0.2, 0.25) is 5.02 Å². The number of hydrogen-bond acceptors (Lipinski definition) is 3. The first-order valence-corrected chi connectivity index (χ1v) is 8.07. The lowest BCUT2D eigenvalue weighted by molar-refractivity contribution is 0.277. The zero-order valence-electron chi connectivity index (χ0n) is 12.5. The fourth-order valence-corrected chi connectivity index (χ4v) is 3.00. The maximum absolute atomic E-state index is 13.3. The summed E-state index contributed by atoms with van der Waals surface area (Å²) >= 11 is 5.92. The lowest BCUT2D eigenvalue weighted by Gasteiger charge is -2.29. The molecule has 0 atom stereocenters. The molecule has 1 fully saturated rings. The van der Waals surface area contributed by atoms with Gasteiger partial charge in [0, 0.05) is 36.1 Å². The van der Waals surface area contributed by atoms with Crippen LogP contribution >= 0.6 is 11.6 Å². The molecule has 3 aromatic rings. The van der Waals surface area contributed by atoms with Crippen molar-refractivity contribution in [3.8, 4) is 11.3 Å². The fraction of sp³-hybridized carbons (Fsp3) is 0.294. The normalized spacial score (nSPS) is 16.2. The van der Waals surface area contributed by atoms with E-state index >= 15 is 0 Å². The number of anilines is 1. The second-order valence-corrected chi connectivity index (χ2v) is 6.22. The van der Waals surface area contributed by atoms with E-state index in [1.807, 2.05) is 47.1 Å². The molecule has 0 aliphatic carbocycles. The molecule has 1 saturated heterocycles. The summed E-state index contributed by atoms with van der Waals surface area (Å²) in [4.78, 5) is 11.3. The van der Waals surface area contributed by atoms with E-state index in [1.54, 1.807) is 0 Å². The van der Waals surface area contributed by atoms with Crippen LogP contribution in [-0.4, -0.2) is 33.6 Å². The van der Waals surface area contributed by atoms with Gasteiger partial charge in [-0.3, -0.25) is 4.40 Å². The minimum Gasteiger partial charge on any atom is -0.356 e. The molecule has 0 saturated carbocycles. The van der Waals surface area contributed by atoms with E-state index in [9.17, 15) is 4.39 Å². The smallest absolute Gasteiger partial charge is 0.236 e. The van der Waals surface area contributed by atoms with Crippen molar-refractivity contribution in [2.75, 3.05) is 18.0 Å². The van der Waals surface area contributed by atoms with Crippen LogP contribution in [0, 0.1) is 0 Å². The number of fused-ring (bicyclic) bond motifs is 1. The summed E-state index contributed by atoms with van der Waals surface area (Å²) in [6, 6.07) is 9.54. The van der Waals surface area contributed by atoms with Crippen LogP contribution in [0.1, 0.15) is 12.8 Å². The zero-order chi connectivity index (χ0) is 15.8. The minimum atomic E-state index is -0.682. The van der Waals surface area contributed by atoms with Crippen LogP contribution in [0.15, 0.2) is 42.7 Å². The van der Waals surface area contributed by atoms with Crippen LogP contribution in [0.25, 0.3) is 17.0 Å². The Labute approximate surface area is 138 Å². The summed E-state index contributed by atoms with van der Waals surface area (Å²) in [5, 5.41) is 0.703. The molecule has 2 aromatic heterocycles. The summed E-state index contributed by atoms with van der Waals surface area (Å²) in [7, 11) is 0. The van der Waals surface area contributed by atoms with Crippen LogP contribution in [0.3, 0.4) is 0 Å². The Morgan fingerprint density at radius 3 is 2.52 bits per heavy atom. The predicted octanol–water partition coefficient (Wildman–Crippen LogP) is 3.99.